The second-order valence-electron chi connectivity index (χ2n) is 4.73. The van der Waals surface area contributed by atoms with Crippen LogP contribution < -0.4 is 0 Å². The average Bonchev–Trinajstić information content (AvgIpc) is 2.46. The van der Waals surface area contributed by atoms with Gasteiger partial charge in [0.2, 0.25) is 0 Å². The summed E-state index contributed by atoms with van der Waals surface area (Å²) in [6.45, 7) is 2.18. The van der Waals surface area contributed by atoms with Gasteiger partial charge in [0.05, 0.1) is 0 Å². The lowest BCUT2D eigenvalue weighted by molar-refractivity contribution is 0.898. The molecule has 2 aromatic rings. The van der Waals surface area contributed by atoms with Crippen LogP contribution in [-0.4, -0.2) is 11.5 Å². The van der Waals surface area contributed by atoms with Crippen molar-refractivity contribution < 1.29 is 0 Å². The Labute approximate surface area is 126 Å². The predicted molar refractivity (Wildman–Crippen MR) is 90.4 cm³/mol. The van der Waals surface area contributed by atoms with Gasteiger partial charge in [0.15, 0.2) is 0 Å². The molecule has 0 aromatic heterocycles. The summed E-state index contributed by atoms with van der Waals surface area (Å²) in [5, 5.41) is 0. The molecule has 0 amide bonds. The fourth-order valence-electron chi connectivity index (χ4n) is 2.06. The van der Waals surface area contributed by atoms with Crippen LogP contribution in [0.2, 0.25) is 0 Å². The van der Waals surface area contributed by atoms with E-state index in [1.165, 1.54) is 16.7 Å². The summed E-state index contributed by atoms with van der Waals surface area (Å²) in [5.41, 5.74) is 4.23. The number of thioether (sulfide) groups is 1. The van der Waals surface area contributed by atoms with Crippen LogP contribution in [0.15, 0.2) is 54.6 Å². The SMILES string of the molecule is Cc1ccccc1CSCC(CS)c1ccccc1. The molecule has 0 radical (unpaired) electrons. The molecule has 0 bridgehead atoms. The number of rotatable bonds is 6. The second kappa shape index (κ2) is 7.66. The molecule has 2 heteroatoms. The monoisotopic (exact) mass is 288 g/mol. The molecule has 2 aromatic carbocycles. The summed E-state index contributed by atoms with van der Waals surface area (Å²) >= 11 is 6.49. The van der Waals surface area contributed by atoms with Crippen LogP contribution in [0.4, 0.5) is 0 Å². The van der Waals surface area contributed by atoms with Gasteiger partial charge < -0.3 is 0 Å². The maximum atomic E-state index is 4.49. The molecule has 100 valence electrons. The molecule has 2 rings (SSSR count). The van der Waals surface area contributed by atoms with Gasteiger partial charge in [-0.2, -0.15) is 24.4 Å². The fraction of sp³-hybridized carbons (Fsp3) is 0.294. The molecule has 1 unspecified atom stereocenters. The summed E-state index contributed by atoms with van der Waals surface area (Å²) in [6.07, 6.45) is 0. The van der Waals surface area contributed by atoms with Crippen LogP contribution in [0.25, 0.3) is 0 Å². The third kappa shape index (κ3) is 4.32. The van der Waals surface area contributed by atoms with E-state index in [0.717, 1.165) is 17.3 Å². The van der Waals surface area contributed by atoms with Gasteiger partial charge in [0.25, 0.3) is 0 Å². The molecular formula is C17H20S2. The van der Waals surface area contributed by atoms with Gasteiger partial charge in [-0.15, -0.1) is 0 Å². The second-order valence-corrected chi connectivity index (χ2v) is 6.13. The van der Waals surface area contributed by atoms with Crippen LogP contribution >= 0.6 is 24.4 Å². The Balaban J connectivity index is 1.89. The molecule has 0 saturated heterocycles. The number of hydrogen-bond donors (Lipinski definition) is 1. The Morgan fingerprint density at radius 2 is 1.68 bits per heavy atom. The normalized spacial score (nSPS) is 12.3. The van der Waals surface area contributed by atoms with Crippen LogP contribution in [0, 0.1) is 6.92 Å². The Morgan fingerprint density at radius 1 is 1.00 bits per heavy atom. The molecular weight excluding hydrogens is 268 g/mol. The fourth-order valence-corrected chi connectivity index (χ4v) is 3.83. The summed E-state index contributed by atoms with van der Waals surface area (Å²) in [5.74, 6) is 3.66. The molecule has 0 aliphatic carbocycles. The molecule has 0 aliphatic rings. The van der Waals surface area contributed by atoms with E-state index in [1.54, 1.807) is 0 Å². The maximum absolute atomic E-state index is 4.49. The molecule has 0 N–H and O–H groups in total. The first-order chi connectivity index (χ1) is 9.31. The smallest absolute Gasteiger partial charge is 0.0187 e. The highest BCUT2D eigenvalue weighted by molar-refractivity contribution is 7.98. The van der Waals surface area contributed by atoms with E-state index in [0.29, 0.717) is 5.92 Å². The van der Waals surface area contributed by atoms with Crippen LogP contribution in [0.1, 0.15) is 22.6 Å². The number of aryl methyl sites for hydroxylation is 1. The summed E-state index contributed by atoms with van der Waals surface area (Å²) in [6, 6.07) is 19.3. The minimum Gasteiger partial charge on any atom is -0.179 e. The Kier molecular flexibility index (Phi) is 5.87. The first-order valence-electron chi connectivity index (χ1n) is 6.59. The van der Waals surface area contributed by atoms with Crippen LogP contribution in [0.5, 0.6) is 0 Å². The average molecular weight is 288 g/mol. The molecule has 19 heavy (non-hydrogen) atoms. The first kappa shape index (κ1) is 14.5. The van der Waals surface area contributed by atoms with Gasteiger partial charge in [0.1, 0.15) is 0 Å². The molecule has 0 aliphatic heterocycles. The Bertz CT molecular complexity index is 494. The largest absolute Gasteiger partial charge is 0.179 e. The zero-order valence-corrected chi connectivity index (χ0v) is 13.0. The lowest BCUT2D eigenvalue weighted by Gasteiger charge is -2.15. The molecule has 0 nitrogen and oxygen atoms in total. The van der Waals surface area contributed by atoms with Gasteiger partial charge in [0, 0.05) is 17.4 Å². The standard InChI is InChI=1S/C17H20S2/c1-14-7-5-6-10-16(14)12-19-13-17(11-18)15-8-3-2-4-9-15/h2-10,17-18H,11-13H2,1H3. The van der Waals surface area contributed by atoms with E-state index < -0.39 is 0 Å². The number of thiol groups is 1. The first-order valence-corrected chi connectivity index (χ1v) is 8.38. The topological polar surface area (TPSA) is 0 Å². The number of hydrogen-bond acceptors (Lipinski definition) is 2. The van der Waals surface area contributed by atoms with Crippen molar-refractivity contribution >= 4 is 24.4 Å². The third-order valence-electron chi connectivity index (χ3n) is 3.33. The highest BCUT2D eigenvalue weighted by Crippen LogP contribution is 2.25. The number of benzene rings is 2. The zero-order valence-electron chi connectivity index (χ0n) is 11.3. The third-order valence-corrected chi connectivity index (χ3v) is 4.92. The van der Waals surface area contributed by atoms with Gasteiger partial charge in [-0.25, -0.2) is 0 Å². The minimum absolute atomic E-state index is 0.540. The summed E-state index contributed by atoms with van der Waals surface area (Å²) < 4.78 is 0. The van der Waals surface area contributed by atoms with Crippen molar-refractivity contribution in [2.75, 3.05) is 11.5 Å². The van der Waals surface area contributed by atoms with Crippen molar-refractivity contribution in [1.82, 2.24) is 0 Å². The van der Waals surface area contributed by atoms with Crippen LogP contribution in [-0.2, 0) is 5.75 Å². The summed E-state index contributed by atoms with van der Waals surface area (Å²) in [7, 11) is 0. The van der Waals surface area contributed by atoms with Crippen molar-refractivity contribution in [2.45, 2.75) is 18.6 Å². The molecule has 0 spiro atoms. The van der Waals surface area contributed by atoms with Crippen molar-refractivity contribution in [3.05, 3.63) is 71.3 Å². The van der Waals surface area contributed by atoms with E-state index in [-0.39, 0.29) is 0 Å². The molecule has 0 fully saturated rings. The van der Waals surface area contributed by atoms with Crippen molar-refractivity contribution in [3.63, 3.8) is 0 Å². The van der Waals surface area contributed by atoms with E-state index in [4.69, 9.17) is 0 Å². The highest BCUT2D eigenvalue weighted by atomic mass is 32.2. The van der Waals surface area contributed by atoms with E-state index in [9.17, 15) is 0 Å². The predicted octanol–water partition coefficient (Wildman–Crippen LogP) is 4.94. The lowest BCUT2D eigenvalue weighted by atomic mass is 10.0. The van der Waals surface area contributed by atoms with Crippen molar-refractivity contribution in [2.24, 2.45) is 0 Å². The Morgan fingerprint density at radius 3 is 2.37 bits per heavy atom. The zero-order chi connectivity index (χ0) is 13.5. The summed E-state index contributed by atoms with van der Waals surface area (Å²) in [4.78, 5) is 0. The Hall–Kier alpha value is -0.860. The van der Waals surface area contributed by atoms with Gasteiger partial charge >= 0.3 is 0 Å². The van der Waals surface area contributed by atoms with Crippen molar-refractivity contribution in [1.29, 1.82) is 0 Å². The molecule has 1 atom stereocenters. The minimum atomic E-state index is 0.540. The maximum Gasteiger partial charge on any atom is 0.0187 e. The van der Waals surface area contributed by atoms with Crippen LogP contribution in [0.3, 0.4) is 0 Å². The van der Waals surface area contributed by atoms with E-state index >= 15 is 0 Å². The van der Waals surface area contributed by atoms with Gasteiger partial charge in [-0.3, -0.25) is 0 Å². The lowest BCUT2D eigenvalue weighted by Crippen LogP contribution is -2.04. The molecule has 0 heterocycles. The van der Waals surface area contributed by atoms with Gasteiger partial charge in [-0.1, -0.05) is 54.6 Å². The van der Waals surface area contributed by atoms with Gasteiger partial charge in [-0.05, 0) is 29.4 Å². The quantitative estimate of drug-likeness (QED) is 0.734. The van der Waals surface area contributed by atoms with Crippen molar-refractivity contribution in [3.8, 4) is 0 Å². The van der Waals surface area contributed by atoms with E-state index in [2.05, 4.69) is 74.1 Å². The highest BCUT2D eigenvalue weighted by Gasteiger charge is 2.09. The molecule has 0 saturated carbocycles. The van der Waals surface area contributed by atoms with E-state index in [1.807, 2.05) is 11.8 Å².